The molecule has 0 aromatic carbocycles. The number of carbonyl (C=O) groups excluding carboxylic acids is 4. The number of esters is 4. The predicted octanol–water partition coefficient (Wildman–Crippen LogP) is 24.3. The van der Waals surface area contributed by atoms with Crippen molar-refractivity contribution < 1.29 is 80.2 Å². The average Bonchev–Trinajstić information content (AvgIpc) is 0.918. The molecule has 0 fully saturated rings. The van der Waals surface area contributed by atoms with Crippen LogP contribution in [0.1, 0.15) is 362 Å². The van der Waals surface area contributed by atoms with Gasteiger partial charge in [0.05, 0.1) is 26.4 Å². The molecule has 0 radical (unpaired) electrons. The molecule has 602 valence electrons. The van der Waals surface area contributed by atoms with Gasteiger partial charge < -0.3 is 33.8 Å². The summed E-state index contributed by atoms with van der Waals surface area (Å²) in [5, 5.41) is 10.7. The fourth-order valence-electron chi connectivity index (χ4n) is 11.2. The lowest BCUT2D eigenvalue weighted by molar-refractivity contribution is -0.161. The van der Waals surface area contributed by atoms with Gasteiger partial charge in [0.25, 0.3) is 0 Å². The number of hydrogen-bond acceptors (Lipinski definition) is 15. The highest BCUT2D eigenvalue weighted by Gasteiger charge is 2.30. The molecular weight excluding hydrogens is 1350 g/mol. The molecule has 0 aliphatic carbocycles. The van der Waals surface area contributed by atoms with Gasteiger partial charge in [0.1, 0.15) is 19.3 Å². The maximum absolute atomic E-state index is 13.1. The first-order chi connectivity index (χ1) is 50.7. The Labute approximate surface area is 633 Å². The Morgan fingerprint density at radius 1 is 0.279 bits per heavy atom. The van der Waals surface area contributed by atoms with E-state index in [0.717, 1.165) is 141 Å². The van der Waals surface area contributed by atoms with Crippen molar-refractivity contribution in [1.29, 1.82) is 0 Å². The van der Waals surface area contributed by atoms with Gasteiger partial charge in [-0.3, -0.25) is 37.3 Å². The zero-order valence-corrected chi connectivity index (χ0v) is 67.7. The fraction of sp³-hybridized carbons (Fsp3) is 0.765. The molecule has 0 saturated carbocycles. The van der Waals surface area contributed by atoms with Crippen LogP contribution in [0.5, 0.6) is 0 Å². The zero-order chi connectivity index (χ0) is 76.0. The molecule has 0 bridgehead atoms. The van der Waals surface area contributed by atoms with Crippen LogP contribution in [-0.2, 0) is 65.4 Å². The number of allylic oxidation sites excluding steroid dienone is 16. The highest BCUT2D eigenvalue weighted by molar-refractivity contribution is 7.47. The summed E-state index contributed by atoms with van der Waals surface area (Å²) in [4.78, 5) is 73.1. The number of unbranched alkanes of at least 4 members (excludes halogenated alkanes) is 36. The van der Waals surface area contributed by atoms with E-state index >= 15 is 0 Å². The summed E-state index contributed by atoms with van der Waals surface area (Å²) in [6.45, 7) is 4.71. The Morgan fingerprint density at radius 3 is 0.837 bits per heavy atom. The number of phosphoric ester groups is 2. The highest BCUT2D eigenvalue weighted by atomic mass is 31.2. The van der Waals surface area contributed by atoms with Gasteiger partial charge >= 0.3 is 39.5 Å². The SMILES string of the molecule is CC/C=C\C/C=C\C/C=C\C/C=C\C/C=C\C/C=C\CCC(=O)OC[C@H](COP(=O)(O)OC[C@@H](O)COP(=O)(O)OC[C@@H](COC(=O)CCCCCCCCCCCCCCCCC)OC(=O)CCCCCCC/C=C\CCCCCCCC)OC(=O)CCCCCCCCC/C=C\CCCCCC. The number of hydrogen-bond donors (Lipinski definition) is 3. The predicted molar refractivity (Wildman–Crippen MR) is 427 cm³/mol. The Hall–Kier alpha value is -4.02. The van der Waals surface area contributed by atoms with E-state index in [1.165, 1.54) is 135 Å². The van der Waals surface area contributed by atoms with Crippen LogP contribution in [0.15, 0.2) is 97.2 Å². The normalized spacial score (nSPS) is 14.3. The summed E-state index contributed by atoms with van der Waals surface area (Å²) in [6, 6.07) is 0. The largest absolute Gasteiger partial charge is 0.472 e. The number of carbonyl (C=O) groups is 4. The van der Waals surface area contributed by atoms with E-state index < -0.39 is 97.5 Å². The van der Waals surface area contributed by atoms with Crippen molar-refractivity contribution >= 4 is 39.5 Å². The first-order valence-electron chi connectivity index (χ1n) is 41.5. The molecule has 0 aliphatic rings. The standard InChI is InChI=1S/C85H150O17P2/c1-5-9-13-17-21-25-29-33-37-38-39-40-44-46-50-54-58-62-66-70-83(88)96-76-81(102-85(90)72-68-64-60-56-52-48-43-36-32-28-24-20-16-12-8-4)78-100-104(93,94)98-74-79(86)73-97-103(91,92)99-77-80(101-84(89)71-67-63-59-55-51-47-42-35-31-27-23-19-15-11-7-3)75-95-82(87)69-65-61-57-53-49-45-41-34-30-26-22-18-14-10-6-2/h9,13,21,25,28,32-33,35,37,39-40,42,46,50,58,62,79-81,86H,5-8,10-12,14-20,22-24,26-27,29-31,34,36,38,41,43-45,47-49,51-57,59-61,63-78H2,1-4H3,(H,91,92)(H,93,94)/b13-9-,25-21-,32-28-,37-33-,40-39-,42-35-,50-46-,62-58-/t79-,80+,81+/m0/s1. The lowest BCUT2D eigenvalue weighted by Crippen LogP contribution is -2.30. The van der Waals surface area contributed by atoms with Crippen molar-refractivity contribution in [2.24, 2.45) is 0 Å². The highest BCUT2D eigenvalue weighted by Crippen LogP contribution is 2.45. The molecule has 5 atom stereocenters. The average molecular weight is 1510 g/mol. The van der Waals surface area contributed by atoms with Gasteiger partial charge in [-0.05, 0) is 116 Å². The summed E-state index contributed by atoms with van der Waals surface area (Å²) >= 11 is 0. The van der Waals surface area contributed by atoms with Crippen molar-refractivity contribution in [2.45, 2.75) is 380 Å². The Bertz CT molecular complexity index is 2350. The second-order valence-electron chi connectivity index (χ2n) is 27.7. The second-order valence-corrected chi connectivity index (χ2v) is 30.6. The van der Waals surface area contributed by atoms with E-state index in [0.29, 0.717) is 32.1 Å². The van der Waals surface area contributed by atoms with E-state index in [9.17, 15) is 43.2 Å². The topological polar surface area (TPSA) is 237 Å². The van der Waals surface area contributed by atoms with E-state index in [-0.39, 0.29) is 25.7 Å². The molecule has 19 heteroatoms. The molecule has 0 amide bonds. The number of ether oxygens (including phenoxy) is 4. The maximum atomic E-state index is 13.1. The minimum absolute atomic E-state index is 0.0360. The third-order valence-corrected chi connectivity index (χ3v) is 19.4. The number of aliphatic hydroxyl groups excluding tert-OH is 1. The van der Waals surface area contributed by atoms with Gasteiger partial charge in [0, 0.05) is 25.7 Å². The molecule has 0 aromatic heterocycles. The molecule has 0 aromatic rings. The smallest absolute Gasteiger partial charge is 0.462 e. The number of aliphatic hydroxyl groups is 1. The minimum Gasteiger partial charge on any atom is -0.462 e. The zero-order valence-electron chi connectivity index (χ0n) is 65.9. The third kappa shape index (κ3) is 76.2. The Balaban J connectivity index is 5.41. The Kier molecular flexibility index (Phi) is 74.2. The van der Waals surface area contributed by atoms with Crippen LogP contribution in [0.4, 0.5) is 0 Å². The molecule has 17 nitrogen and oxygen atoms in total. The molecule has 0 saturated heterocycles. The van der Waals surface area contributed by atoms with E-state index in [1.54, 1.807) is 0 Å². The van der Waals surface area contributed by atoms with Crippen LogP contribution < -0.4 is 0 Å². The van der Waals surface area contributed by atoms with E-state index in [1.807, 2.05) is 18.2 Å². The van der Waals surface area contributed by atoms with Gasteiger partial charge in [0.2, 0.25) is 0 Å². The maximum Gasteiger partial charge on any atom is 0.472 e. The van der Waals surface area contributed by atoms with Crippen molar-refractivity contribution in [1.82, 2.24) is 0 Å². The first-order valence-corrected chi connectivity index (χ1v) is 44.5. The van der Waals surface area contributed by atoms with Gasteiger partial charge in [0.15, 0.2) is 12.2 Å². The molecule has 0 spiro atoms. The molecule has 0 aliphatic heterocycles. The van der Waals surface area contributed by atoms with Crippen LogP contribution in [-0.4, -0.2) is 96.7 Å². The molecule has 104 heavy (non-hydrogen) atoms. The van der Waals surface area contributed by atoms with E-state index in [4.69, 9.17) is 37.0 Å². The summed E-state index contributed by atoms with van der Waals surface area (Å²) in [7, 11) is -9.97. The van der Waals surface area contributed by atoms with Crippen LogP contribution in [0.2, 0.25) is 0 Å². The monoisotopic (exact) mass is 1510 g/mol. The van der Waals surface area contributed by atoms with Crippen LogP contribution in [0, 0.1) is 0 Å². The van der Waals surface area contributed by atoms with Crippen molar-refractivity contribution in [3.05, 3.63) is 97.2 Å². The fourth-order valence-corrected chi connectivity index (χ4v) is 12.8. The van der Waals surface area contributed by atoms with Gasteiger partial charge in [-0.2, -0.15) is 0 Å². The molecule has 0 rings (SSSR count). The quantitative estimate of drug-likeness (QED) is 0.0169. The molecule has 0 heterocycles. The lowest BCUT2D eigenvalue weighted by atomic mass is 10.0. The van der Waals surface area contributed by atoms with Gasteiger partial charge in [-0.15, -0.1) is 0 Å². The molecule has 2 unspecified atom stereocenters. The van der Waals surface area contributed by atoms with E-state index in [2.05, 4.69) is 107 Å². The van der Waals surface area contributed by atoms with Crippen LogP contribution in [0.3, 0.4) is 0 Å². The minimum atomic E-state index is -4.99. The summed E-state index contributed by atoms with van der Waals surface area (Å²) in [5.41, 5.74) is 0. The summed E-state index contributed by atoms with van der Waals surface area (Å²) in [6.07, 6.45) is 82.5. The molecule has 3 N–H and O–H groups in total. The summed E-state index contributed by atoms with van der Waals surface area (Å²) < 4.78 is 68.6. The van der Waals surface area contributed by atoms with Gasteiger partial charge in [-0.1, -0.05) is 318 Å². The lowest BCUT2D eigenvalue weighted by Gasteiger charge is -2.21. The van der Waals surface area contributed by atoms with Crippen molar-refractivity contribution in [3.8, 4) is 0 Å². The third-order valence-electron chi connectivity index (χ3n) is 17.5. The Morgan fingerprint density at radius 2 is 0.519 bits per heavy atom. The first kappa shape index (κ1) is 100.0. The second kappa shape index (κ2) is 77.1. The van der Waals surface area contributed by atoms with Gasteiger partial charge in [-0.25, -0.2) is 9.13 Å². The van der Waals surface area contributed by atoms with Crippen molar-refractivity contribution in [3.63, 3.8) is 0 Å². The number of phosphoric acid groups is 2. The van der Waals surface area contributed by atoms with Crippen LogP contribution in [0.25, 0.3) is 0 Å². The van der Waals surface area contributed by atoms with Crippen molar-refractivity contribution in [2.75, 3.05) is 39.6 Å². The molecular formula is C85H150O17P2. The van der Waals surface area contributed by atoms with Crippen LogP contribution >= 0.6 is 15.6 Å². The number of rotatable bonds is 78. The summed E-state index contributed by atoms with van der Waals surface area (Å²) in [5.74, 6) is -2.26.